The fraction of sp³-hybridized carbons (Fsp3) is 0.682. The molecule has 0 amide bonds. The molecule has 0 radical (unpaired) electrons. The molecule has 0 aliphatic carbocycles. The highest BCUT2D eigenvalue weighted by Gasteiger charge is 2.19. The van der Waals surface area contributed by atoms with Gasteiger partial charge in [-0.05, 0) is 51.3 Å². The van der Waals surface area contributed by atoms with Gasteiger partial charge in [0.15, 0.2) is 5.96 Å². The Morgan fingerprint density at radius 3 is 2.72 bits per heavy atom. The second-order valence-electron chi connectivity index (χ2n) is 7.73. The Kier molecular flexibility index (Phi) is 10.4. The third kappa shape index (κ3) is 8.68. The molecule has 1 saturated heterocycles. The van der Waals surface area contributed by atoms with Gasteiger partial charge in [-0.2, -0.15) is 0 Å². The number of rotatable bonds is 10. The van der Waals surface area contributed by atoms with Crippen molar-refractivity contribution < 1.29 is 13.9 Å². The van der Waals surface area contributed by atoms with Crippen LogP contribution in [-0.4, -0.2) is 62.9 Å². The number of piperidine rings is 1. The average molecular weight is 409 g/mol. The van der Waals surface area contributed by atoms with Crippen molar-refractivity contribution in [2.45, 2.75) is 58.9 Å². The molecule has 0 aromatic heterocycles. The lowest BCUT2D eigenvalue weighted by molar-refractivity contribution is 0.0532. The first-order valence-corrected chi connectivity index (χ1v) is 10.7. The Hall–Kier alpha value is -1.70. The van der Waals surface area contributed by atoms with E-state index in [0.717, 1.165) is 57.2 Å². The van der Waals surface area contributed by atoms with Crippen LogP contribution >= 0.6 is 0 Å². The summed E-state index contributed by atoms with van der Waals surface area (Å²) in [6, 6.07) is 5.49. The monoisotopic (exact) mass is 408 g/mol. The van der Waals surface area contributed by atoms with Crippen LogP contribution in [0.5, 0.6) is 0 Å². The number of hydrogen-bond acceptors (Lipinski definition) is 4. The van der Waals surface area contributed by atoms with E-state index < -0.39 is 0 Å². The number of guanidine groups is 1. The van der Waals surface area contributed by atoms with Crippen LogP contribution in [0.2, 0.25) is 0 Å². The molecular formula is C22H37FN4O2. The molecule has 164 valence electrons. The highest BCUT2D eigenvalue weighted by Crippen LogP contribution is 2.13. The van der Waals surface area contributed by atoms with Crippen LogP contribution in [0, 0.1) is 5.82 Å². The standard InChI is InChI=1S/C22H37FN4O2/c1-5-24-22(25-15-18-6-7-21(23)19(14-18)16-28-4)26-20-8-10-27(11-9-20)12-13-29-17(2)3/h6-7,14,17,20H,5,8-13,15-16H2,1-4H3,(H2,24,25,26). The van der Waals surface area contributed by atoms with Crippen molar-refractivity contribution in [1.82, 2.24) is 15.5 Å². The normalized spacial score (nSPS) is 16.4. The van der Waals surface area contributed by atoms with E-state index in [1.54, 1.807) is 13.2 Å². The van der Waals surface area contributed by atoms with Crippen LogP contribution in [0.1, 0.15) is 44.7 Å². The van der Waals surface area contributed by atoms with Crippen molar-refractivity contribution in [3.05, 3.63) is 35.1 Å². The maximum atomic E-state index is 13.8. The van der Waals surface area contributed by atoms with Crippen LogP contribution in [0.25, 0.3) is 0 Å². The van der Waals surface area contributed by atoms with Gasteiger partial charge in [0.05, 0.1) is 25.9 Å². The summed E-state index contributed by atoms with van der Waals surface area (Å²) < 4.78 is 24.5. The first kappa shape index (κ1) is 23.6. The Balaban J connectivity index is 1.84. The lowest BCUT2D eigenvalue weighted by atomic mass is 10.1. The van der Waals surface area contributed by atoms with Crippen LogP contribution in [-0.2, 0) is 22.6 Å². The second kappa shape index (κ2) is 12.8. The van der Waals surface area contributed by atoms with Gasteiger partial charge >= 0.3 is 0 Å². The number of halogens is 1. The summed E-state index contributed by atoms with van der Waals surface area (Å²) in [6.07, 6.45) is 2.46. The smallest absolute Gasteiger partial charge is 0.191 e. The predicted molar refractivity (Wildman–Crippen MR) is 116 cm³/mol. The van der Waals surface area contributed by atoms with Gasteiger partial charge in [-0.15, -0.1) is 0 Å². The van der Waals surface area contributed by atoms with E-state index in [2.05, 4.69) is 36.3 Å². The number of aliphatic imine (C=N–C) groups is 1. The molecule has 1 fully saturated rings. The predicted octanol–water partition coefficient (Wildman–Crippen LogP) is 2.92. The Morgan fingerprint density at radius 2 is 2.07 bits per heavy atom. The molecule has 0 saturated carbocycles. The second-order valence-corrected chi connectivity index (χ2v) is 7.73. The van der Waals surface area contributed by atoms with E-state index in [9.17, 15) is 4.39 Å². The summed E-state index contributed by atoms with van der Waals surface area (Å²) in [6.45, 7) is 11.7. The number of nitrogens with zero attached hydrogens (tertiary/aromatic N) is 2. The molecule has 2 N–H and O–H groups in total. The molecule has 1 aromatic rings. The van der Waals surface area contributed by atoms with Gasteiger partial charge in [-0.1, -0.05) is 6.07 Å². The van der Waals surface area contributed by atoms with Crippen molar-refractivity contribution in [2.75, 3.05) is 39.9 Å². The number of methoxy groups -OCH3 is 1. The molecule has 7 heteroatoms. The Bertz CT molecular complexity index is 631. The maximum Gasteiger partial charge on any atom is 0.191 e. The van der Waals surface area contributed by atoms with Crippen molar-refractivity contribution in [1.29, 1.82) is 0 Å². The summed E-state index contributed by atoms with van der Waals surface area (Å²) in [5.74, 6) is 0.571. The summed E-state index contributed by atoms with van der Waals surface area (Å²) >= 11 is 0. The van der Waals surface area contributed by atoms with Gasteiger partial charge in [-0.3, -0.25) is 0 Å². The van der Waals surface area contributed by atoms with E-state index in [1.165, 1.54) is 6.07 Å². The molecule has 0 atom stereocenters. The van der Waals surface area contributed by atoms with Gasteiger partial charge in [0.2, 0.25) is 0 Å². The van der Waals surface area contributed by atoms with Gasteiger partial charge in [0.25, 0.3) is 0 Å². The zero-order chi connectivity index (χ0) is 21.1. The highest BCUT2D eigenvalue weighted by atomic mass is 19.1. The fourth-order valence-electron chi connectivity index (χ4n) is 3.39. The maximum absolute atomic E-state index is 13.8. The summed E-state index contributed by atoms with van der Waals surface area (Å²) in [5.41, 5.74) is 1.53. The number of benzene rings is 1. The van der Waals surface area contributed by atoms with E-state index in [0.29, 0.717) is 24.3 Å². The minimum absolute atomic E-state index is 0.241. The highest BCUT2D eigenvalue weighted by molar-refractivity contribution is 5.80. The zero-order valence-corrected chi connectivity index (χ0v) is 18.3. The minimum atomic E-state index is -0.241. The summed E-state index contributed by atoms with van der Waals surface area (Å²) in [7, 11) is 1.57. The largest absolute Gasteiger partial charge is 0.380 e. The van der Waals surface area contributed by atoms with Crippen LogP contribution in [0.15, 0.2) is 23.2 Å². The molecule has 1 heterocycles. The summed E-state index contributed by atoms with van der Waals surface area (Å²) in [5, 5.41) is 6.87. The lowest BCUT2D eigenvalue weighted by Crippen LogP contribution is -2.49. The first-order valence-electron chi connectivity index (χ1n) is 10.7. The van der Waals surface area contributed by atoms with Crippen molar-refractivity contribution in [3.63, 3.8) is 0 Å². The molecule has 1 aliphatic rings. The van der Waals surface area contributed by atoms with E-state index in [4.69, 9.17) is 14.5 Å². The van der Waals surface area contributed by atoms with Crippen molar-refractivity contribution in [3.8, 4) is 0 Å². The summed E-state index contributed by atoms with van der Waals surface area (Å²) in [4.78, 5) is 7.15. The molecule has 1 aromatic carbocycles. The minimum Gasteiger partial charge on any atom is -0.380 e. The third-order valence-corrected chi connectivity index (χ3v) is 4.96. The van der Waals surface area contributed by atoms with Gasteiger partial charge in [0.1, 0.15) is 5.82 Å². The molecule has 2 rings (SSSR count). The molecule has 1 aliphatic heterocycles. The number of nitrogens with one attached hydrogen (secondary N) is 2. The van der Waals surface area contributed by atoms with E-state index >= 15 is 0 Å². The molecule has 6 nitrogen and oxygen atoms in total. The van der Waals surface area contributed by atoms with Crippen molar-refractivity contribution in [2.24, 2.45) is 4.99 Å². The van der Waals surface area contributed by atoms with Crippen LogP contribution < -0.4 is 10.6 Å². The van der Waals surface area contributed by atoms with Gasteiger partial charge in [0, 0.05) is 44.9 Å². The van der Waals surface area contributed by atoms with Gasteiger partial charge < -0.3 is 25.0 Å². The number of ether oxygens (including phenoxy) is 2. The molecule has 0 bridgehead atoms. The number of likely N-dealkylation sites (tertiary alicyclic amines) is 1. The Morgan fingerprint density at radius 1 is 1.31 bits per heavy atom. The zero-order valence-electron chi connectivity index (χ0n) is 18.3. The van der Waals surface area contributed by atoms with Gasteiger partial charge in [-0.25, -0.2) is 9.38 Å². The van der Waals surface area contributed by atoms with Crippen LogP contribution in [0.4, 0.5) is 4.39 Å². The first-order chi connectivity index (χ1) is 14.0. The Labute approximate surface area is 174 Å². The topological polar surface area (TPSA) is 58.1 Å². The molecular weight excluding hydrogens is 371 g/mol. The third-order valence-electron chi connectivity index (χ3n) is 4.96. The lowest BCUT2D eigenvalue weighted by Gasteiger charge is -2.33. The van der Waals surface area contributed by atoms with E-state index in [-0.39, 0.29) is 12.4 Å². The SMILES string of the molecule is CCNC(=NCc1ccc(F)c(COC)c1)NC1CCN(CCOC(C)C)CC1. The quantitative estimate of drug-likeness (QED) is 0.461. The molecule has 29 heavy (non-hydrogen) atoms. The fourth-order valence-corrected chi connectivity index (χ4v) is 3.39. The average Bonchev–Trinajstić information content (AvgIpc) is 2.70. The van der Waals surface area contributed by atoms with Crippen molar-refractivity contribution >= 4 is 5.96 Å². The molecule has 0 spiro atoms. The van der Waals surface area contributed by atoms with Crippen LogP contribution in [0.3, 0.4) is 0 Å². The van der Waals surface area contributed by atoms with E-state index in [1.807, 2.05) is 6.07 Å². The molecule has 0 unspecified atom stereocenters. The number of hydrogen-bond donors (Lipinski definition) is 2.